The molecule has 18 heavy (non-hydrogen) atoms. The van der Waals surface area contributed by atoms with Gasteiger partial charge in [0.25, 0.3) is 0 Å². The Bertz CT molecular complexity index is 332. The van der Waals surface area contributed by atoms with Crippen molar-refractivity contribution in [2.24, 2.45) is 0 Å². The summed E-state index contributed by atoms with van der Waals surface area (Å²) in [6, 6.07) is -1.27. The first kappa shape index (κ1) is 14.2. The molecule has 8 heteroatoms. The summed E-state index contributed by atoms with van der Waals surface area (Å²) in [4.78, 5) is 34.8. The molecule has 1 aliphatic heterocycles. The molecule has 1 aliphatic rings. The average molecular weight is 260 g/mol. The minimum Gasteiger partial charge on any atom is -0.481 e. The fourth-order valence-electron chi connectivity index (χ4n) is 1.56. The van der Waals surface area contributed by atoms with Crippen molar-refractivity contribution in [3.63, 3.8) is 0 Å². The van der Waals surface area contributed by atoms with Crippen molar-refractivity contribution >= 4 is 18.0 Å². The second-order valence-electron chi connectivity index (χ2n) is 3.68. The number of esters is 1. The molecule has 1 heterocycles. The van der Waals surface area contributed by atoms with Gasteiger partial charge in [-0.15, -0.1) is 0 Å². The van der Waals surface area contributed by atoms with Crippen molar-refractivity contribution in [2.45, 2.75) is 12.5 Å². The number of carbonyl (C=O) groups is 3. The molecule has 102 valence electrons. The van der Waals surface area contributed by atoms with E-state index in [0.29, 0.717) is 6.61 Å². The number of urea groups is 1. The maximum absolute atomic E-state index is 11.8. The molecule has 1 fully saturated rings. The molecule has 1 atom stereocenters. The van der Waals surface area contributed by atoms with E-state index in [-0.39, 0.29) is 26.1 Å². The van der Waals surface area contributed by atoms with Crippen LogP contribution in [0, 0.1) is 0 Å². The molecular formula is C10H16N2O6. The van der Waals surface area contributed by atoms with E-state index < -0.39 is 24.0 Å². The topological polar surface area (TPSA) is 105 Å². The number of carbonyl (C=O) groups excluding carboxylic acids is 2. The maximum atomic E-state index is 11.8. The number of morpholine rings is 1. The molecule has 0 aromatic rings. The minimum absolute atomic E-state index is 0.0133. The summed E-state index contributed by atoms with van der Waals surface area (Å²) in [6.07, 6.45) is -0.168. The third-order valence-corrected chi connectivity index (χ3v) is 2.48. The fourth-order valence-corrected chi connectivity index (χ4v) is 1.56. The second-order valence-corrected chi connectivity index (χ2v) is 3.68. The molecule has 0 aliphatic carbocycles. The predicted molar refractivity (Wildman–Crippen MR) is 59.0 cm³/mol. The Kier molecular flexibility index (Phi) is 5.37. The molecule has 0 bridgehead atoms. The van der Waals surface area contributed by atoms with Gasteiger partial charge < -0.3 is 24.8 Å². The smallest absolute Gasteiger partial charge is 0.331 e. The van der Waals surface area contributed by atoms with Gasteiger partial charge in [-0.1, -0.05) is 0 Å². The first-order valence-corrected chi connectivity index (χ1v) is 5.48. The van der Waals surface area contributed by atoms with E-state index in [1.807, 2.05) is 0 Å². The van der Waals surface area contributed by atoms with E-state index in [0.717, 1.165) is 0 Å². The zero-order valence-corrected chi connectivity index (χ0v) is 10.0. The summed E-state index contributed by atoms with van der Waals surface area (Å²) >= 11 is 0. The van der Waals surface area contributed by atoms with Crippen LogP contribution in [0.5, 0.6) is 0 Å². The van der Waals surface area contributed by atoms with Crippen molar-refractivity contribution in [3.05, 3.63) is 0 Å². The first-order valence-electron chi connectivity index (χ1n) is 5.48. The molecule has 0 spiro atoms. The molecule has 0 aromatic heterocycles. The van der Waals surface area contributed by atoms with Crippen molar-refractivity contribution in [1.29, 1.82) is 0 Å². The Balaban J connectivity index is 2.52. The zero-order chi connectivity index (χ0) is 13.5. The molecule has 2 N–H and O–H groups in total. The minimum atomic E-state index is -0.998. The predicted octanol–water partition coefficient (Wildman–Crippen LogP) is -0.955. The van der Waals surface area contributed by atoms with Gasteiger partial charge in [0.05, 0.1) is 26.7 Å². The number of ether oxygens (including phenoxy) is 2. The summed E-state index contributed by atoms with van der Waals surface area (Å²) < 4.78 is 9.69. The molecule has 1 saturated heterocycles. The van der Waals surface area contributed by atoms with Gasteiger partial charge in [-0.25, -0.2) is 9.59 Å². The molecule has 0 saturated carbocycles. The van der Waals surface area contributed by atoms with Crippen LogP contribution in [0.4, 0.5) is 4.79 Å². The van der Waals surface area contributed by atoms with Crippen molar-refractivity contribution in [1.82, 2.24) is 10.2 Å². The number of aliphatic carboxylic acids is 1. The fraction of sp³-hybridized carbons (Fsp3) is 0.700. The van der Waals surface area contributed by atoms with Gasteiger partial charge in [0.2, 0.25) is 0 Å². The summed E-state index contributed by atoms with van der Waals surface area (Å²) in [5.74, 6) is -1.55. The van der Waals surface area contributed by atoms with Crippen molar-refractivity contribution < 1.29 is 29.0 Å². The van der Waals surface area contributed by atoms with Gasteiger partial charge in [0, 0.05) is 13.1 Å². The van der Waals surface area contributed by atoms with E-state index in [2.05, 4.69) is 10.1 Å². The SMILES string of the molecule is COC(=O)C1COCCN1C(=O)NCCC(=O)O. The number of rotatable bonds is 4. The van der Waals surface area contributed by atoms with Gasteiger partial charge >= 0.3 is 18.0 Å². The van der Waals surface area contributed by atoms with Crippen LogP contribution in [0.1, 0.15) is 6.42 Å². The van der Waals surface area contributed by atoms with Gasteiger partial charge in [0.15, 0.2) is 6.04 Å². The summed E-state index contributed by atoms with van der Waals surface area (Å²) in [7, 11) is 1.23. The van der Waals surface area contributed by atoms with Crippen LogP contribution < -0.4 is 5.32 Å². The lowest BCUT2D eigenvalue weighted by Crippen LogP contribution is -2.56. The van der Waals surface area contributed by atoms with Crippen molar-refractivity contribution in [2.75, 3.05) is 33.4 Å². The highest BCUT2D eigenvalue weighted by Crippen LogP contribution is 2.08. The Labute approximate surface area is 104 Å². The quantitative estimate of drug-likeness (QED) is 0.631. The van der Waals surface area contributed by atoms with Gasteiger partial charge in [-0.3, -0.25) is 4.79 Å². The van der Waals surface area contributed by atoms with Crippen molar-refractivity contribution in [3.8, 4) is 0 Å². The van der Waals surface area contributed by atoms with Gasteiger partial charge in [-0.2, -0.15) is 0 Å². The van der Waals surface area contributed by atoms with E-state index in [9.17, 15) is 14.4 Å². The van der Waals surface area contributed by atoms with Crippen LogP contribution >= 0.6 is 0 Å². The maximum Gasteiger partial charge on any atom is 0.331 e. The van der Waals surface area contributed by atoms with Crippen LogP contribution in [0.2, 0.25) is 0 Å². The summed E-state index contributed by atoms with van der Waals surface area (Å²) in [5.41, 5.74) is 0. The number of nitrogens with one attached hydrogen (secondary N) is 1. The number of hydrogen-bond donors (Lipinski definition) is 2. The molecule has 1 rings (SSSR count). The molecule has 0 radical (unpaired) electrons. The lowest BCUT2D eigenvalue weighted by molar-refractivity contribution is -0.151. The Morgan fingerprint density at radius 3 is 2.83 bits per heavy atom. The highest BCUT2D eigenvalue weighted by atomic mass is 16.5. The second kappa shape index (κ2) is 6.80. The standard InChI is InChI=1S/C10H16N2O6/c1-17-9(15)7-6-18-5-4-12(7)10(16)11-3-2-8(13)14/h7H,2-6H2,1H3,(H,11,16)(H,13,14). The van der Waals surface area contributed by atoms with Crippen LogP contribution in [0.15, 0.2) is 0 Å². The van der Waals surface area contributed by atoms with Crippen LogP contribution in [0.25, 0.3) is 0 Å². The first-order chi connectivity index (χ1) is 8.56. The van der Waals surface area contributed by atoms with Crippen LogP contribution in [-0.4, -0.2) is 67.4 Å². The summed E-state index contributed by atoms with van der Waals surface area (Å²) in [5, 5.41) is 10.9. The average Bonchev–Trinajstić information content (AvgIpc) is 2.37. The molecular weight excluding hydrogens is 244 g/mol. The monoisotopic (exact) mass is 260 g/mol. The Morgan fingerprint density at radius 1 is 1.50 bits per heavy atom. The highest BCUT2D eigenvalue weighted by molar-refractivity contribution is 5.84. The third kappa shape index (κ3) is 3.88. The van der Waals surface area contributed by atoms with E-state index >= 15 is 0 Å². The number of methoxy groups -OCH3 is 1. The number of nitrogens with zero attached hydrogens (tertiary/aromatic N) is 1. The normalized spacial score (nSPS) is 19.2. The zero-order valence-electron chi connectivity index (χ0n) is 10.0. The largest absolute Gasteiger partial charge is 0.481 e. The van der Waals surface area contributed by atoms with Crippen LogP contribution in [-0.2, 0) is 19.1 Å². The molecule has 2 amide bonds. The Morgan fingerprint density at radius 2 is 2.22 bits per heavy atom. The number of hydrogen-bond acceptors (Lipinski definition) is 5. The van der Waals surface area contributed by atoms with Gasteiger partial charge in [0.1, 0.15) is 0 Å². The number of carboxylic acids is 1. The van der Waals surface area contributed by atoms with E-state index in [4.69, 9.17) is 9.84 Å². The van der Waals surface area contributed by atoms with Gasteiger partial charge in [-0.05, 0) is 0 Å². The molecule has 1 unspecified atom stereocenters. The lowest BCUT2D eigenvalue weighted by atomic mass is 10.2. The van der Waals surface area contributed by atoms with Crippen LogP contribution in [0.3, 0.4) is 0 Å². The van der Waals surface area contributed by atoms with E-state index in [1.54, 1.807) is 0 Å². The number of amides is 2. The molecule has 0 aromatic carbocycles. The number of carboxylic acid groups (broad SMARTS) is 1. The third-order valence-electron chi connectivity index (χ3n) is 2.48. The van der Waals surface area contributed by atoms with E-state index in [1.165, 1.54) is 12.0 Å². The lowest BCUT2D eigenvalue weighted by Gasteiger charge is -2.33. The molecule has 8 nitrogen and oxygen atoms in total. The summed E-state index contributed by atoms with van der Waals surface area (Å²) in [6.45, 7) is 0.691. The highest BCUT2D eigenvalue weighted by Gasteiger charge is 2.33. The Hall–Kier alpha value is -1.83.